The number of carboxylic acids is 1. The molecule has 0 amide bonds. The molecule has 1 N–H and O–H groups in total. The summed E-state index contributed by atoms with van der Waals surface area (Å²) in [5.41, 5.74) is 3.34. The van der Waals surface area contributed by atoms with E-state index in [2.05, 4.69) is 4.98 Å². The summed E-state index contributed by atoms with van der Waals surface area (Å²) >= 11 is 1.08. The molecular weight excluding hydrogens is 448 g/mol. The molecule has 0 atom stereocenters. The van der Waals surface area contributed by atoms with Crippen LogP contribution >= 0.6 is 11.3 Å². The molecule has 0 radical (unpaired) electrons. The van der Waals surface area contributed by atoms with Crippen molar-refractivity contribution in [2.24, 2.45) is 5.92 Å². The number of benzene rings is 2. The predicted molar refractivity (Wildman–Crippen MR) is 125 cm³/mol. The summed E-state index contributed by atoms with van der Waals surface area (Å²) in [6.45, 7) is 8.22. The highest BCUT2D eigenvalue weighted by Gasteiger charge is 2.30. The zero-order valence-electron chi connectivity index (χ0n) is 18.4. The minimum Gasteiger partial charge on any atom is -0.487 e. The minimum atomic E-state index is -3.86. The van der Waals surface area contributed by atoms with Crippen LogP contribution < -0.4 is 9.04 Å². The van der Waals surface area contributed by atoms with Gasteiger partial charge in [-0.2, -0.15) is 8.42 Å². The zero-order valence-corrected chi connectivity index (χ0v) is 20.0. The lowest BCUT2D eigenvalue weighted by Gasteiger charge is -2.28. The molecule has 0 saturated heterocycles. The van der Waals surface area contributed by atoms with E-state index >= 15 is 0 Å². The zero-order chi connectivity index (χ0) is 23.5. The van der Waals surface area contributed by atoms with Gasteiger partial charge in [0.25, 0.3) is 10.0 Å². The molecular formula is C23H26N2O5S2. The second-order valence-electron chi connectivity index (χ2n) is 7.92. The molecule has 0 aliphatic rings. The molecule has 3 rings (SSSR count). The van der Waals surface area contributed by atoms with Crippen molar-refractivity contribution >= 4 is 33.0 Å². The number of nitrogens with zero attached hydrogens (tertiary/aromatic N) is 2. The number of ether oxygens (including phenoxy) is 1. The van der Waals surface area contributed by atoms with Gasteiger partial charge in [-0.15, -0.1) is 11.3 Å². The van der Waals surface area contributed by atoms with Crippen LogP contribution in [0.2, 0.25) is 0 Å². The quantitative estimate of drug-likeness (QED) is 0.474. The Labute approximate surface area is 192 Å². The summed E-state index contributed by atoms with van der Waals surface area (Å²) in [5.74, 6) is -0.482. The van der Waals surface area contributed by atoms with Gasteiger partial charge in [0.2, 0.25) is 4.34 Å². The predicted octanol–water partition coefficient (Wildman–Crippen LogP) is 4.89. The van der Waals surface area contributed by atoms with Crippen molar-refractivity contribution in [2.75, 3.05) is 10.8 Å². The lowest BCUT2D eigenvalue weighted by atomic mass is 10.1. The molecule has 0 saturated carbocycles. The second kappa shape index (κ2) is 9.70. The topological polar surface area (TPSA) is 96.8 Å². The second-order valence-corrected chi connectivity index (χ2v) is 10.9. The number of thiazole rings is 1. The molecule has 9 heteroatoms. The van der Waals surface area contributed by atoms with Crippen LogP contribution in [0.25, 0.3) is 0 Å². The number of aryl methyl sites for hydroxylation is 2. The third kappa shape index (κ3) is 5.28. The Morgan fingerprint density at radius 2 is 1.81 bits per heavy atom. The van der Waals surface area contributed by atoms with Gasteiger partial charge in [0.1, 0.15) is 12.4 Å². The van der Waals surface area contributed by atoms with Crippen LogP contribution in [0.5, 0.6) is 5.75 Å². The molecule has 0 aliphatic heterocycles. The van der Waals surface area contributed by atoms with E-state index in [9.17, 15) is 13.2 Å². The number of sulfonamides is 1. The molecule has 1 heterocycles. The van der Waals surface area contributed by atoms with Crippen LogP contribution in [0.15, 0.2) is 52.3 Å². The van der Waals surface area contributed by atoms with Crippen molar-refractivity contribution in [3.63, 3.8) is 0 Å². The normalized spacial score (nSPS) is 11.5. The van der Waals surface area contributed by atoms with E-state index < -0.39 is 16.0 Å². The van der Waals surface area contributed by atoms with Crippen molar-refractivity contribution < 1.29 is 23.1 Å². The molecule has 0 aliphatic carbocycles. The van der Waals surface area contributed by atoms with Crippen molar-refractivity contribution in [3.8, 4) is 5.75 Å². The number of aromatic carboxylic acids is 1. The summed E-state index contributed by atoms with van der Waals surface area (Å²) in [6, 6.07) is 10.1. The maximum Gasteiger partial charge on any atom is 0.335 e. The first-order valence-corrected chi connectivity index (χ1v) is 12.4. The Hall–Kier alpha value is -2.91. The summed E-state index contributed by atoms with van der Waals surface area (Å²) in [4.78, 5) is 15.1. The van der Waals surface area contributed by atoms with Crippen LogP contribution in [-0.4, -0.2) is 31.0 Å². The van der Waals surface area contributed by atoms with E-state index in [1.54, 1.807) is 17.5 Å². The van der Waals surface area contributed by atoms with Gasteiger partial charge in [-0.3, -0.25) is 4.31 Å². The first-order valence-electron chi connectivity index (χ1n) is 10.1. The number of hydrogen-bond donors (Lipinski definition) is 1. The summed E-state index contributed by atoms with van der Waals surface area (Å²) in [5, 5.41) is 10.7. The first-order chi connectivity index (χ1) is 15.1. The molecule has 7 nitrogen and oxygen atoms in total. The summed E-state index contributed by atoms with van der Waals surface area (Å²) in [6.07, 6.45) is 1.48. The van der Waals surface area contributed by atoms with Gasteiger partial charge >= 0.3 is 5.97 Å². The van der Waals surface area contributed by atoms with E-state index in [4.69, 9.17) is 9.84 Å². The minimum absolute atomic E-state index is 0.0339. The van der Waals surface area contributed by atoms with Crippen LogP contribution in [0.1, 0.15) is 40.9 Å². The summed E-state index contributed by atoms with van der Waals surface area (Å²) < 4.78 is 34.3. The fraction of sp³-hybridized carbons (Fsp3) is 0.304. The maximum absolute atomic E-state index is 13.4. The van der Waals surface area contributed by atoms with Crippen LogP contribution in [0, 0.1) is 19.8 Å². The van der Waals surface area contributed by atoms with E-state index in [1.165, 1.54) is 22.6 Å². The lowest BCUT2D eigenvalue weighted by molar-refractivity contribution is 0.0697. The average Bonchev–Trinajstić information content (AvgIpc) is 3.28. The van der Waals surface area contributed by atoms with Gasteiger partial charge in [0.15, 0.2) is 0 Å². The Morgan fingerprint density at radius 1 is 1.16 bits per heavy atom. The van der Waals surface area contributed by atoms with Crippen molar-refractivity contribution in [1.82, 2.24) is 4.98 Å². The first kappa shape index (κ1) is 23.7. The SMILES string of the molecule is Cc1cc(OCc2ccc(C(=O)O)cc2)c(N(CC(C)C)S(=O)(=O)c2nccs2)cc1C. The van der Waals surface area contributed by atoms with Gasteiger partial charge in [-0.05, 0) is 60.7 Å². The van der Waals surface area contributed by atoms with Crippen LogP contribution in [0.3, 0.4) is 0 Å². The van der Waals surface area contributed by atoms with Crippen LogP contribution in [0.4, 0.5) is 5.69 Å². The van der Waals surface area contributed by atoms with Crippen molar-refractivity contribution in [1.29, 1.82) is 0 Å². The molecule has 2 aromatic carbocycles. The molecule has 32 heavy (non-hydrogen) atoms. The molecule has 3 aromatic rings. The lowest BCUT2D eigenvalue weighted by Crippen LogP contribution is -2.34. The van der Waals surface area contributed by atoms with Gasteiger partial charge in [-0.25, -0.2) is 9.78 Å². The van der Waals surface area contributed by atoms with Gasteiger partial charge < -0.3 is 9.84 Å². The van der Waals surface area contributed by atoms with Gasteiger partial charge in [0.05, 0.1) is 11.3 Å². The van der Waals surface area contributed by atoms with Gasteiger partial charge in [0, 0.05) is 18.1 Å². The number of aromatic nitrogens is 1. The number of rotatable bonds is 9. The molecule has 0 fully saturated rings. The Morgan fingerprint density at radius 3 is 2.38 bits per heavy atom. The molecule has 170 valence electrons. The van der Waals surface area contributed by atoms with Crippen molar-refractivity contribution in [2.45, 2.75) is 38.6 Å². The third-order valence-electron chi connectivity index (χ3n) is 4.89. The van der Waals surface area contributed by atoms with E-state index in [0.717, 1.165) is 28.0 Å². The number of anilines is 1. The Bertz CT molecular complexity index is 1190. The van der Waals surface area contributed by atoms with Crippen molar-refractivity contribution in [3.05, 3.63) is 70.2 Å². The molecule has 0 spiro atoms. The monoisotopic (exact) mass is 474 g/mol. The smallest absolute Gasteiger partial charge is 0.335 e. The number of carboxylic acid groups (broad SMARTS) is 1. The molecule has 1 aromatic heterocycles. The highest BCUT2D eigenvalue weighted by atomic mass is 32.2. The maximum atomic E-state index is 13.4. The highest BCUT2D eigenvalue weighted by Crippen LogP contribution is 2.36. The van der Waals surface area contributed by atoms with E-state index in [-0.39, 0.29) is 29.0 Å². The fourth-order valence-electron chi connectivity index (χ4n) is 3.08. The fourth-order valence-corrected chi connectivity index (χ4v) is 5.64. The number of carbonyl (C=O) groups is 1. The van der Waals surface area contributed by atoms with Crippen LogP contribution in [-0.2, 0) is 16.6 Å². The van der Waals surface area contributed by atoms with E-state index in [0.29, 0.717) is 11.4 Å². The highest BCUT2D eigenvalue weighted by molar-refractivity contribution is 7.94. The molecule has 0 bridgehead atoms. The Balaban J connectivity index is 2.00. The standard InChI is InChI=1S/C23H26N2O5S2/c1-15(2)13-25(32(28,29)23-24-9-10-31-23)20-11-16(3)17(4)12-21(20)30-14-18-5-7-19(8-6-18)22(26)27/h5-12,15H,13-14H2,1-4H3,(H,26,27). The molecule has 0 unspecified atom stereocenters. The number of hydrogen-bond acceptors (Lipinski definition) is 6. The van der Waals surface area contributed by atoms with Gasteiger partial charge in [-0.1, -0.05) is 26.0 Å². The Kier molecular flexibility index (Phi) is 7.20. The average molecular weight is 475 g/mol. The largest absolute Gasteiger partial charge is 0.487 e. The third-order valence-corrected chi connectivity index (χ3v) is 7.85. The summed E-state index contributed by atoms with van der Waals surface area (Å²) in [7, 11) is -3.86. The van der Waals surface area contributed by atoms with E-state index in [1.807, 2.05) is 39.8 Å².